The Morgan fingerprint density at radius 3 is 2.68 bits per heavy atom. The van der Waals surface area contributed by atoms with E-state index in [1.54, 1.807) is 21.2 Å². The fraction of sp³-hybridized carbons (Fsp3) is 0.500. The largest absolute Gasteiger partial charge is 0.380 e. The van der Waals surface area contributed by atoms with Gasteiger partial charge in [-0.3, -0.25) is 0 Å². The van der Waals surface area contributed by atoms with E-state index in [1.165, 1.54) is 16.0 Å². The molecule has 0 saturated heterocycles. The van der Waals surface area contributed by atoms with Crippen LogP contribution in [0, 0.1) is 0 Å². The molecule has 19 heavy (non-hydrogen) atoms. The highest BCUT2D eigenvalue weighted by molar-refractivity contribution is 5.73. The van der Waals surface area contributed by atoms with Gasteiger partial charge in [-0.25, -0.2) is 4.79 Å². The molecule has 0 aromatic heterocycles. The third kappa shape index (κ3) is 6.22. The predicted octanol–water partition coefficient (Wildman–Crippen LogP) is 1.19. The van der Waals surface area contributed by atoms with Crippen molar-refractivity contribution >= 4 is 6.03 Å². The molecule has 106 valence electrons. The summed E-state index contributed by atoms with van der Waals surface area (Å²) in [5.41, 5.74) is 2.39. The van der Waals surface area contributed by atoms with E-state index in [0.29, 0.717) is 13.2 Å². The maximum absolute atomic E-state index is 11.3. The number of carbonyl (C=O) groups excluding carboxylic acids is 1. The molecule has 0 bridgehead atoms. The summed E-state index contributed by atoms with van der Waals surface area (Å²) in [4.78, 5) is 12.8. The molecule has 0 aliphatic carbocycles. The molecule has 0 aliphatic heterocycles. The summed E-state index contributed by atoms with van der Waals surface area (Å²) in [6.07, 6.45) is 0. The summed E-state index contributed by atoms with van der Waals surface area (Å²) in [6, 6.07) is 8.20. The van der Waals surface area contributed by atoms with Gasteiger partial charge in [-0.05, 0) is 11.1 Å². The summed E-state index contributed by atoms with van der Waals surface area (Å²) >= 11 is 0. The zero-order chi connectivity index (χ0) is 14.1. The number of benzene rings is 1. The van der Waals surface area contributed by atoms with E-state index in [1.807, 2.05) is 12.1 Å². The number of ether oxygens (including phenoxy) is 1. The number of carbonyl (C=O) groups is 1. The van der Waals surface area contributed by atoms with E-state index >= 15 is 0 Å². The lowest BCUT2D eigenvalue weighted by atomic mass is 10.1. The molecule has 0 fully saturated rings. The fourth-order valence-electron chi connectivity index (χ4n) is 1.64. The number of nitrogens with zero attached hydrogens (tertiary/aromatic N) is 1. The Hall–Kier alpha value is -1.59. The van der Waals surface area contributed by atoms with Gasteiger partial charge >= 0.3 is 6.03 Å². The molecule has 2 amide bonds. The molecule has 0 heterocycles. The molecule has 5 heteroatoms. The van der Waals surface area contributed by atoms with Crippen LogP contribution in [-0.2, 0) is 17.9 Å². The fourth-order valence-corrected chi connectivity index (χ4v) is 1.64. The van der Waals surface area contributed by atoms with E-state index in [0.717, 1.165) is 13.1 Å². The van der Waals surface area contributed by atoms with Crippen LogP contribution in [0.1, 0.15) is 11.1 Å². The van der Waals surface area contributed by atoms with E-state index < -0.39 is 0 Å². The van der Waals surface area contributed by atoms with E-state index in [9.17, 15) is 4.79 Å². The molecule has 2 N–H and O–H groups in total. The van der Waals surface area contributed by atoms with Crippen molar-refractivity contribution in [3.05, 3.63) is 35.4 Å². The number of hydrogen-bond acceptors (Lipinski definition) is 3. The molecule has 0 saturated carbocycles. The minimum atomic E-state index is -0.0658. The van der Waals surface area contributed by atoms with Crippen molar-refractivity contribution in [3.8, 4) is 0 Å². The average molecular weight is 265 g/mol. The molecule has 0 spiro atoms. The molecule has 1 aromatic rings. The zero-order valence-electron chi connectivity index (χ0n) is 11.9. The second-order valence-electron chi connectivity index (χ2n) is 4.56. The Bertz CT molecular complexity index is 394. The van der Waals surface area contributed by atoms with Crippen molar-refractivity contribution in [3.63, 3.8) is 0 Å². The van der Waals surface area contributed by atoms with E-state index in [4.69, 9.17) is 4.74 Å². The normalized spacial score (nSPS) is 10.3. The van der Waals surface area contributed by atoms with Crippen molar-refractivity contribution in [1.29, 1.82) is 0 Å². The number of rotatable bonds is 7. The van der Waals surface area contributed by atoms with Crippen molar-refractivity contribution in [1.82, 2.24) is 15.5 Å². The first-order valence-corrected chi connectivity index (χ1v) is 6.36. The Balaban J connectivity index is 2.22. The van der Waals surface area contributed by atoms with Crippen molar-refractivity contribution in [2.45, 2.75) is 13.2 Å². The third-order valence-electron chi connectivity index (χ3n) is 2.62. The van der Waals surface area contributed by atoms with Gasteiger partial charge < -0.3 is 20.3 Å². The van der Waals surface area contributed by atoms with Crippen LogP contribution < -0.4 is 10.6 Å². The Labute approximate surface area is 114 Å². The van der Waals surface area contributed by atoms with Gasteiger partial charge in [0.05, 0.1) is 6.61 Å². The van der Waals surface area contributed by atoms with Crippen LogP contribution in [-0.4, -0.2) is 45.2 Å². The lowest BCUT2D eigenvalue weighted by Crippen LogP contribution is -2.38. The van der Waals surface area contributed by atoms with Crippen LogP contribution in [0.25, 0.3) is 0 Å². The molecule has 0 unspecified atom stereocenters. The highest BCUT2D eigenvalue weighted by atomic mass is 16.5. The van der Waals surface area contributed by atoms with Crippen LogP contribution in [0.3, 0.4) is 0 Å². The van der Waals surface area contributed by atoms with Gasteiger partial charge in [0.25, 0.3) is 0 Å². The summed E-state index contributed by atoms with van der Waals surface area (Å²) in [5.74, 6) is 0. The first-order chi connectivity index (χ1) is 9.13. The maximum Gasteiger partial charge on any atom is 0.316 e. The molecule has 0 aliphatic rings. The summed E-state index contributed by atoms with van der Waals surface area (Å²) in [7, 11) is 5.15. The number of urea groups is 1. The van der Waals surface area contributed by atoms with Gasteiger partial charge in [-0.2, -0.15) is 0 Å². The van der Waals surface area contributed by atoms with Gasteiger partial charge in [-0.15, -0.1) is 0 Å². The minimum Gasteiger partial charge on any atom is -0.380 e. The Morgan fingerprint density at radius 2 is 2.00 bits per heavy atom. The summed E-state index contributed by atoms with van der Waals surface area (Å²) < 4.78 is 5.10. The van der Waals surface area contributed by atoms with Gasteiger partial charge in [0.15, 0.2) is 0 Å². The maximum atomic E-state index is 11.3. The highest BCUT2D eigenvalue weighted by Gasteiger charge is 2.00. The molecule has 0 radical (unpaired) electrons. The molecular weight excluding hydrogens is 242 g/mol. The molecule has 0 atom stereocenters. The Kier molecular flexibility index (Phi) is 6.92. The van der Waals surface area contributed by atoms with Crippen molar-refractivity contribution < 1.29 is 9.53 Å². The van der Waals surface area contributed by atoms with Gasteiger partial charge in [0.1, 0.15) is 0 Å². The Morgan fingerprint density at radius 1 is 1.26 bits per heavy atom. The van der Waals surface area contributed by atoms with Crippen LogP contribution in [0.5, 0.6) is 0 Å². The molecular formula is C14H23N3O2. The summed E-state index contributed by atoms with van der Waals surface area (Å²) in [6.45, 7) is 2.78. The molecule has 5 nitrogen and oxygen atoms in total. The highest BCUT2D eigenvalue weighted by Crippen LogP contribution is 2.05. The van der Waals surface area contributed by atoms with Crippen LogP contribution >= 0.6 is 0 Å². The number of nitrogens with one attached hydrogen (secondary N) is 2. The second-order valence-corrected chi connectivity index (χ2v) is 4.56. The number of methoxy groups -OCH3 is 1. The topological polar surface area (TPSA) is 53.6 Å². The third-order valence-corrected chi connectivity index (χ3v) is 2.62. The van der Waals surface area contributed by atoms with Crippen LogP contribution in [0.2, 0.25) is 0 Å². The lowest BCUT2D eigenvalue weighted by Gasteiger charge is -2.12. The predicted molar refractivity (Wildman–Crippen MR) is 75.9 cm³/mol. The average Bonchev–Trinajstić information content (AvgIpc) is 2.39. The van der Waals surface area contributed by atoms with Crippen molar-refractivity contribution in [2.24, 2.45) is 0 Å². The standard InChI is InChI=1S/C14H23N3O2/c1-17(2)14(18)16-8-7-15-10-12-5-4-6-13(9-12)11-19-3/h4-6,9,15H,7-8,10-11H2,1-3H3,(H,16,18). The monoisotopic (exact) mass is 265 g/mol. The molecule has 1 rings (SSSR count). The SMILES string of the molecule is COCc1cccc(CNCCNC(=O)N(C)C)c1. The number of hydrogen-bond donors (Lipinski definition) is 2. The van der Waals surface area contributed by atoms with Crippen molar-refractivity contribution in [2.75, 3.05) is 34.3 Å². The second kappa shape index (κ2) is 8.50. The van der Waals surface area contributed by atoms with Crippen LogP contribution in [0.4, 0.5) is 4.79 Å². The smallest absolute Gasteiger partial charge is 0.316 e. The minimum absolute atomic E-state index is 0.0658. The van der Waals surface area contributed by atoms with E-state index in [2.05, 4.69) is 22.8 Å². The molecule has 1 aromatic carbocycles. The quantitative estimate of drug-likeness (QED) is 0.728. The summed E-state index contributed by atoms with van der Waals surface area (Å²) in [5, 5.41) is 6.10. The first-order valence-electron chi connectivity index (χ1n) is 6.36. The zero-order valence-corrected chi connectivity index (χ0v) is 11.9. The first kappa shape index (κ1) is 15.5. The number of amides is 2. The van der Waals surface area contributed by atoms with Crippen LogP contribution in [0.15, 0.2) is 24.3 Å². The van der Waals surface area contributed by atoms with Gasteiger partial charge in [0.2, 0.25) is 0 Å². The van der Waals surface area contributed by atoms with E-state index in [-0.39, 0.29) is 6.03 Å². The van der Waals surface area contributed by atoms with Gasteiger partial charge in [-0.1, -0.05) is 24.3 Å². The van der Waals surface area contributed by atoms with Gasteiger partial charge in [0, 0.05) is 40.8 Å². The lowest BCUT2D eigenvalue weighted by molar-refractivity contribution is 0.185.